The maximum absolute atomic E-state index is 8.54. The molecule has 0 unspecified atom stereocenters. The summed E-state index contributed by atoms with van der Waals surface area (Å²) >= 11 is 0. The Morgan fingerprint density at radius 3 is 2.78 bits per heavy atom. The smallest absolute Gasteiger partial charge is 0.107 e. The molecule has 0 spiro atoms. The second kappa shape index (κ2) is 2.20. The van der Waals surface area contributed by atoms with Crippen LogP contribution in [0.5, 0.6) is 0 Å². The molecule has 1 fully saturated rings. The number of rotatable bonds is 3. The van der Waals surface area contributed by atoms with Crippen LogP contribution in [-0.2, 0) is 0 Å². The van der Waals surface area contributed by atoms with Gasteiger partial charge in [0.2, 0.25) is 0 Å². The molecule has 1 saturated carbocycles. The molecule has 1 aliphatic carbocycles. The standard InChI is InChI=1S/C7H10N2/c1-2-5-9-7(6-8)3-4-7/h2,9H,1,3-5H2. The Bertz CT molecular complexity index is 151. The highest BCUT2D eigenvalue weighted by molar-refractivity contribution is 5.18. The number of hydrogen-bond acceptors (Lipinski definition) is 2. The molecule has 0 aromatic carbocycles. The molecule has 48 valence electrons. The molecule has 1 aliphatic rings. The Balaban J connectivity index is 2.27. The first kappa shape index (κ1) is 6.31. The van der Waals surface area contributed by atoms with Gasteiger partial charge in [0.05, 0.1) is 6.07 Å². The van der Waals surface area contributed by atoms with Crippen LogP contribution in [0.3, 0.4) is 0 Å². The van der Waals surface area contributed by atoms with Gasteiger partial charge in [-0.25, -0.2) is 0 Å². The number of hydrogen-bond donors (Lipinski definition) is 1. The van der Waals surface area contributed by atoms with Crippen LogP contribution in [0.2, 0.25) is 0 Å². The molecule has 0 aliphatic heterocycles. The lowest BCUT2D eigenvalue weighted by molar-refractivity contribution is 0.644. The fraction of sp³-hybridized carbons (Fsp3) is 0.571. The van der Waals surface area contributed by atoms with Gasteiger partial charge in [-0.3, -0.25) is 5.32 Å². The van der Waals surface area contributed by atoms with Crippen LogP contribution in [-0.4, -0.2) is 12.1 Å². The molecule has 1 N–H and O–H groups in total. The van der Waals surface area contributed by atoms with Crippen molar-refractivity contribution in [3.05, 3.63) is 12.7 Å². The van der Waals surface area contributed by atoms with Gasteiger partial charge in [0.1, 0.15) is 5.54 Å². The number of nitrogens with one attached hydrogen (secondary N) is 1. The van der Waals surface area contributed by atoms with Gasteiger partial charge in [0, 0.05) is 6.54 Å². The Morgan fingerprint density at radius 1 is 1.78 bits per heavy atom. The van der Waals surface area contributed by atoms with Crippen molar-refractivity contribution in [3.63, 3.8) is 0 Å². The third kappa shape index (κ3) is 1.30. The van der Waals surface area contributed by atoms with Gasteiger partial charge >= 0.3 is 0 Å². The lowest BCUT2D eigenvalue weighted by Crippen LogP contribution is -2.29. The van der Waals surface area contributed by atoms with E-state index in [0.29, 0.717) is 0 Å². The molecule has 0 heterocycles. The van der Waals surface area contributed by atoms with Crippen molar-refractivity contribution in [1.82, 2.24) is 5.32 Å². The van der Waals surface area contributed by atoms with E-state index in [1.54, 1.807) is 6.08 Å². The Morgan fingerprint density at radius 2 is 2.44 bits per heavy atom. The van der Waals surface area contributed by atoms with Gasteiger partial charge in [0.15, 0.2) is 0 Å². The predicted molar refractivity (Wildman–Crippen MR) is 35.8 cm³/mol. The minimum absolute atomic E-state index is 0.172. The molecule has 0 aromatic rings. The summed E-state index contributed by atoms with van der Waals surface area (Å²) in [7, 11) is 0. The molecular formula is C7H10N2. The number of nitrogens with zero attached hydrogens (tertiary/aromatic N) is 1. The lowest BCUT2D eigenvalue weighted by Gasteiger charge is -2.03. The predicted octanol–water partition coefficient (Wildman–Crippen LogP) is 0.818. The summed E-state index contributed by atoms with van der Waals surface area (Å²) in [6.07, 6.45) is 3.77. The molecule has 0 aromatic heterocycles. The molecule has 1 rings (SSSR count). The molecule has 0 radical (unpaired) electrons. The fourth-order valence-corrected chi connectivity index (χ4v) is 0.721. The average Bonchev–Trinajstić information content (AvgIpc) is 2.65. The second-order valence-corrected chi connectivity index (χ2v) is 2.36. The third-order valence-corrected chi connectivity index (χ3v) is 1.55. The fourth-order valence-electron chi connectivity index (χ4n) is 0.721. The van der Waals surface area contributed by atoms with Crippen LogP contribution < -0.4 is 5.32 Å². The second-order valence-electron chi connectivity index (χ2n) is 2.36. The van der Waals surface area contributed by atoms with Crippen LogP contribution in [0, 0.1) is 11.3 Å². The normalized spacial score (nSPS) is 20.3. The maximum Gasteiger partial charge on any atom is 0.107 e. The van der Waals surface area contributed by atoms with E-state index < -0.39 is 0 Å². The monoisotopic (exact) mass is 122 g/mol. The average molecular weight is 122 g/mol. The molecule has 2 heteroatoms. The molecule has 0 saturated heterocycles. The zero-order chi connectivity index (χ0) is 6.74. The van der Waals surface area contributed by atoms with E-state index in [0.717, 1.165) is 19.4 Å². The molecule has 0 atom stereocenters. The highest BCUT2D eigenvalue weighted by atomic mass is 15.0. The topological polar surface area (TPSA) is 35.8 Å². The van der Waals surface area contributed by atoms with Crippen LogP contribution in [0.15, 0.2) is 12.7 Å². The van der Waals surface area contributed by atoms with Crippen LogP contribution >= 0.6 is 0 Å². The quantitative estimate of drug-likeness (QED) is 0.562. The van der Waals surface area contributed by atoms with Gasteiger partial charge in [-0.15, -0.1) is 6.58 Å². The van der Waals surface area contributed by atoms with E-state index in [-0.39, 0.29) is 5.54 Å². The first-order chi connectivity index (χ1) is 4.33. The maximum atomic E-state index is 8.54. The summed E-state index contributed by atoms with van der Waals surface area (Å²) in [6.45, 7) is 4.30. The molecule has 0 amide bonds. The number of nitriles is 1. The van der Waals surface area contributed by atoms with Crippen molar-refractivity contribution in [1.29, 1.82) is 5.26 Å². The SMILES string of the molecule is C=CCNC1(C#N)CC1. The van der Waals surface area contributed by atoms with E-state index in [1.807, 2.05) is 0 Å². The van der Waals surface area contributed by atoms with Gasteiger partial charge < -0.3 is 0 Å². The molecule has 2 nitrogen and oxygen atoms in total. The van der Waals surface area contributed by atoms with Gasteiger partial charge in [-0.2, -0.15) is 5.26 Å². The van der Waals surface area contributed by atoms with Gasteiger partial charge in [-0.1, -0.05) is 6.08 Å². The zero-order valence-electron chi connectivity index (χ0n) is 5.35. The largest absolute Gasteiger partial charge is 0.296 e. The van der Waals surface area contributed by atoms with E-state index in [2.05, 4.69) is 18.0 Å². The Labute approximate surface area is 55.2 Å². The Hall–Kier alpha value is -0.810. The molecule has 9 heavy (non-hydrogen) atoms. The van der Waals surface area contributed by atoms with Crippen molar-refractivity contribution in [2.45, 2.75) is 18.4 Å². The van der Waals surface area contributed by atoms with Crippen LogP contribution in [0.4, 0.5) is 0 Å². The Kier molecular flexibility index (Phi) is 1.54. The summed E-state index contributed by atoms with van der Waals surface area (Å²) in [5, 5.41) is 11.6. The molecule has 0 bridgehead atoms. The van der Waals surface area contributed by atoms with Gasteiger partial charge in [0.25, 0.3) is 0 Å². The van der Waals surface area contributed by atoms with Crippen molar-refractivity contribution in [2.75, 3.05) is 6.54 Å². The van der Waals surface area contributed by atoms with Crippen molar-refractivity contribution in [2.24, 2.45) is 0 Å². The van der Waals surface area contributed by atoms with Crippen molar-refractivity contribution < 1.29 is 0 Å². The lowest BCUT2D eigenvalue weighted by atomic mass is 10.3. The highest BCUT2D eigenvalue weighted by Crippen LogP contribution is 2.33. The van der Waals surface area contributed by atoms with Gasteiger partial charge in [-0.05, 0) is 12.8 Å². The minimum Gasteiger partial charge on any atom is -0.296 e. The zero-order valence-corrected chi connectivity index (χ0v) is 5.35. The van der Waals surface area contributed by atoms with E-state index in [1.165, 1.54) is 0 Å². The van der Waals surface area contributed by atoms with E-state index in [9.17, 15) is 0 Å². The summed E-state index contributed by atoms with van der Waals surface area (Å²) in [5.41, 5.74) is -0.172. The van der Waals surface area contributed by atoms with Crippen LogP contribution in [0.25, 0.3) is 0 Å². The minimum atomic E-state index is -0.172. The first-order valence-electron chi connectivity index (χ1n) is 3.10. The van der Waals surface area contributed by atoms with Crippen molar-refractivity contribution in [3.8, 4) is 6.07 Å². The summed E-state index contributed by atoms with van der Waals surface area (Å²) < 4.78 is 0. The summed E-state index contributed by atoms with van der Waals surface area (Å²) in [6, 6.07) is 2.23. The van der Waals surface area contributed by atoms with E-state index >= 15 is 0 Å². The first-order valence-corrected chi connectivity index (χ1v) is 3.10. The van der Waals surface area contributed by atoms with E-state index in [4.69, 9.17) is 5.26 Å². The summed E-state index contributed by atoms with van der Waals surface area (Å²) in [5.74, 6) is 0. The van der Waals surface area contributed by atoms with Crippen LogP contribution in [0.1, 0.15) is 12.8 Å². The highest BCUT2D eigenvalue weighted by Gasteiger charge is 2.42. The summed E-state index contributed by atoms with van der Waals surface area (Å²) in [4.78, 5) is 0. The molecular weight excluding hydrogens is 112 g/mol. The third-order valence-electron chi connectivity index (χ3n) is 1.55. The van der Waals surface area contributed by atoms with Crippen molar-refractivity contribution >= 4 is 0 Å².